The van der Waals surface area contributed by atoms with E-state index in [0.29, 0.717) is 5.56 Å². The van der Waals surface area contributed by atoms with Gasteiger partial charge < -0.3 is 4.74 Å². The van der Waals surface area contributed by atoms with Crippen molar-refractivity contribution >= 4 is 11.8 Å². The molecule has 0 aliphatic rings. The molecule has 0 radical (unpaired) electrons. The molecule has 3 nitrogen and oxygen atoms in total. The Labute approximate surface area is 101 Å². The van der Waals surface area contributed by atoms with Crippen LogP contribution in [0.15, 0.2) is 30.3 Å². The molecule has 1 rings (SSSR count). The summed E-state index contributed by atoms with van der Waals surface area (Å²) < 4.78 is 4.61. The Bertz CT molecular complexity index is 429. The average molecular weight is 230 g/mol. The third-order valence-corrected chi connectivity index (χ3v) is 2.43. The first-order chi connectivity index (χ1) is 8.19. The van der Waals surface area contributed by atoms with Gasteiger partial charge in [-0.1, -0.05) is 30.3 Å². The lowest BCUT2D eigenvalue weighted by Gasteiger charge is -2.10. The van der Waals surface area contributed by atoms with E-state index < -0.39 is 11.9 Å². The van der Waals surface area contributed by atoms with E-state index in [1.54, 1.807) is 24.3 Å². The highest BCUT2D eigenvalue weighted by Gasteiger charge is 2.22. The summed E-state index contributed by atoms with van der Waals surface area (Å²) >= 11 is 0. The lowest BCUT2D eigenvalue weighted by atomic mass is 9.96. The molecule has 1 aromatic carbocycles. The highest BCUT2D eigenvalue weighted by Crippen LogP contribution is 2.14. The highest BCUT2D eigenvalue weighted by molar-refractivity contribution is 5.98. The predicted octanol–water partition coefficient (Wildman–Crippen LogP) is 2.07. The average Bonchev–Trinajstić information content (AvgIpc) is 2.38. The smallest absolute Gasteiger partial charge is 0.310 e. The van der Waals surface area contributed by atoms with Crippen molar-refractivity contribution in [1.82, 2.24) is 0 Å². The van der Waals surface area contributed by atoms with Crippen molar-refractivity contribution in [2.75, 3.05) is 7.11 Å². The van der Waals surface area contributed by atoms with Gasteiger partial charge >= 0.3 is 5.97 Å². The van der Waals surface area contributed by atoms with Crippen molar-refractivity contribution < 1.29 is 14.3 Å². The second-order valence-electron chi connectivity index (χ2n) is 3.62. The number of Topliss-reactive ketones (excluding diaryl/α,β-unsaturated/α-hetero) is 1. The first kappa shape index (κ1) is 13.0. The van der Waals surface area contributed by atoms with E-state index in [1.165, 1.54) is 7.11 Å². The number of carbonyl (C=O) groups is 2. The molecule has 1 aromatic rings. The van der Waals surface area contributed by atoms with Gasteiger partial charge in [0.15, 0.2) is 5.78 Å². The second-order valence-corrected chi connectivity index (χ2v) is 3.62. The van der Waals surface area contributed by atoms with Gasteiger partial charge in [-0.3, -0.25) is 9.59 Å². The Balaban J connectivity index is 2.72. The highest BCUT2D eigenvalue weighted by atomic mass is 16.5. The Hall–Kier alpha value is -2.08. The molecule has 1 unspecified atom stereocenters. The largest absolute Gasteiger partial charge is 0.469 e. The van der Waals surface area contributed by atoms with Gasteiger partial charge in [0.05, 0.1) is 13.0 Å². The van der Waals surface area contributed by atoms with Crippen molar-refractivity contribution in [2.45, 2.75) is 12.8 Å². The Morgan fingerprint density at radius 1 is 1.35 bits per heavy atom. The molecule has 0 spiro atoms. The number of carbonyl (C=O) groups excluding carboxylic acids is 2. The van der Waals surface area contributed by atoms with Crippen LogP contribution in [-0.2, 0) is 9.53 Å². The molecule has 0 saturated heterocycles. The second kappa shape index (κ2) is 6.49. The molecule has 0 N–H and O–H groups in total. The maximum absolute atomic E-state index is 11.9. The molecule has 0 fully saturated rings. The minimum absolute atomic E-state index is 0.0842. The summed E-state index contributed by atoms with van der Waals surface area (Å²) in [5, 5.41) is 0. The lowest BCUT2D eigenvalue weighted by Crippen LogP contribution is -2.19. The van der Waals surface area contributed by atoms with Crippen molar-refractivity contribution in [2.24, 2.45) is 5.92 Å². The third-order valence-electron chi connectivity index (χ3n) is 2.43. The van der Waals surface area contributed by atoms with E-state index in [9.17, 15) is 9.59 Å². The fourth-order valence-corrected chi connectivity index (χ4v) is 1.51. The standard InChI is InChI=1S/C14H14O3/c1-3-7-12(14(16)17-2)10-13(15)11-8-5-4-6-9-11/h1,4-6,8-9,12H,7,10H2,2H3. The van der Waals surface area contributed by atoms with E-state index in [-0.39, 0.29) is 18.6 Å². The molecule has 3 heteroatoms. The number of benzene rings is 1. The van der Waals surface area contributed by atoms with Gasteiger partial charge in [-0.2, -0.15) is 0 Å². The molecule has 17 heavy (non-hydrogen) atoms. The Kier molecular flexibility index (Phi) is 4.96. The summed E-state index contributed by atoms with van der Waals surface area (Å²) in [6, 6.07) is 8.82. The molecule has 0 bridgehead atoms. The van der Waals surface area contributed by atoms with E-state index in [1.807, 2.05) is 6.07 Å². The van der Waals surface area contributed by atoms with Crippen LogP contribution in [0.4, 0.5) is 0 Å². The van der Waals surface area contributed by atoms with Crippen LogP contribution in [0.1, 0.15) is 23.2 Å². The maximum Gasteiger partial charge on any atom is 0.310 e. The number of ketones is 1. The zero-order valence-corrected chi connectivity index (χ0v) is 9.68. The van der Waals surface area contributed by atoms with Gasteiger partial charge in [-0.15, -0.1) is 12.3 Å². The van der Waals surface area contributed by atoms with E-state index in [2.05, 4.69) is 10.7 Å². The zero-order chi connectivity index (χ0) is 12.7. The molecule has 0 aliphatic carbocycles. The van der Waals surface area contributed by atoms with Crippen LogP contribution in [0.3, 0.4) is 0 Å². The Morgan fingerprint density at radius 2 is 2.00 bits per heavy atom. The van der Waals surface area contributed by atoms with E-state index >= 15 is 0 Å². The SMILES string of the molecule is C#CCC(CC(=O)c1ccccc1)C(=O)OC. The summed E-state index contributed by atoms with van der Waals surface area (Å²) in [5.41, 5.74) is 0.582. The molecule has 1 atom stereocenters. The number of hydrogen-bond acceptors (Lipinski definition) is 3. The number of hydrogen-bond donors (Lipinski definition) is 0. The lowest BCUT2D eigenvalue weighted by molar-refractivity contribution is -0.145. The van der Waals surface area contributed by atoms with Gasteiger partial charge in [-0.05, 0) is 0 Å². The number of terminal acetylenes is 1. The van der Waals surface area contributed by atoms with Gasteiger partial charge in [0.2, 0.25) is 0 Å². The van der Waals surface area contributed by atoms with E-state index in [0.717, 1.165) is 0 Å². The summed E-state index contributed by atoms with van der Waals surface area (Å²) in [7, 11) is 1.29. The number of methoxy groups -OCH3 is 1. The first-order valence-corrected chi connectivity index (χ1v) is 5.28. The molecular weight excluding hydrogens is 216 g/mol. The van der Waals surface area contributed by atoms with Gasteiger partial charge in [0, 0.05) is 18.4 Å². The van der Waals surface area contributed by atoms with Crippen LogP contribution in [0.25, 0.3) is 0 Å². The molecule has 0 aromatic heterocycles. The van der Waals surface area contributed by atoms with Crippen LogP contribution in [-0.4, -0.2) is 18.9 Å². The summed E-state index contributed by atoms with van der Waals surface area (Å²) in [6.07, 6.45) is 5.46. The zero-order valence-electron chi connectivity index (χ0n) is 9.68. The predicted molar refractivity (Wildman–Crippen MR) is 64.3 cm³/mol. The Morgan fingerprint density at radius 3 is 2.53 bits per heavy atom. The fraction of sp³-hybridized carbons (Fsp3) is 0.286. The van der Waals surface area contributed by atoms with Crippen molar-refractivity contribution in [1.29, 1.82) is 0 Å². The first-order valence-electron chi connectivity index (χ1n) is 5.28. The van der Waals surface area contributed by atoms with Crippen molar-refractivity contribution in [3.8, 4) is 12.3 Å². The third kappa shape index (κ3) is 3.76. The van der Waals surface area contributed by atoms with Gasteiger partial charge in [-0.25, -0.2) is 0 Å². The minimum atomic E-state index is -0.558. The monoisotopic (exact) mass is 230 g/mol. The number of rotatable bonds is 5. The summed E-state index contributed by atoms with van der Waals surface area (Å²) in [5.74, 6) is 1.29. The molecule has 0 saturated carbocycles. The fourth-order valence-electron chi connectivity index (χ4n) is 1.51. The van der Waals surface area contributed by atoms with Crippen LogP contribution < -0.4 is 0 Å². The topological polar surface area (TPSA) is 43.4 Å². The van der Waals surface area contributed by atoms with Crippen LogP contribution >= 0.6 is 0 Å². The normalized spacial score (nSPS) is 11.3. The number of esters is 1. The van der Waals surface area contributed by atoms with Crippen LogP contribution in [0, 0.1) is 18.3 Å². The molecular formula is C14H14O3. The number of ether oxygens (including phenoxy) is 1. The summed E-state index contributed by atoms with van der Waals surface area (Å²) in [4.78, 5) is 23.3. The van der Waals surface area contributed by atoms with Crippen molar-refractivity contribution in [3.63, 3.8) is 0 Å². The van der Waals surface area contributed by atoms with Crippen molar-refractivity contribution in [3.05, 3.63) is 35.9 Å². The van der Waals surface area contributed by atoms with E-state index in [4.69, 9.17) is 6.42 Å². The van der Waals surface area contributed by atoms with Gasteiger partial charge in [0.25, 0.3) is 0 Å². The molecule has 88 valence electrons. The molecule has 0 amide bonds. The molecule has 0 heterocycles. The quantitative estimate of drug-likeness (QED) is 0.442. The maximum atomic E-state index is 11.9. The summed E-state index contributed by atoms with van der Waals surface area (Å²) in [6.45, 7) is 0. The van der Waals surface area contributed by atoms with Crippen LogP contribution in [0.5, 0.6) is 0 Å². The van der Waals surface area contributed by atoms with Crippen LogP contribution in [0.2, 0.25) is 0 Å². The molecule has 0 aliphatic heterocycles. The minimum Gasteiger partial charge on any atom is -0.469 e. The van der Waals surface area contributed by atoms with Gasteiger partial charge in [0.1, 0.15) is 0 Å².